The lowest BCUT2D eigenvalue weighted by Crippen LogP contribution is -2.21. The molecule has 4 heterocycles. The summed E-state index contributed by atoms with van der Waals surface area (Å²) in [6.07, 6.45) is -1.39. The Balaban J connectivity index is 1.66. The van der Waals surface area contributed by atoms with E-state index in [1.807, 2.05) is 0 Å². The fourth-order valence-corrected chi connectivity index (χ4v) is 3.05. The van der Waals surface area contributed by atoms with Crippen LogP contribution in [0.1, 0.15) is 21.7 Å². The van der Waals surface area contributed by atoms with E-state index in [-0.39, 0.29) is 28.2 Å². The molecular formula is C18H13ClF3N9O. The van der Waals surface area contributed by atoms with Gasteiger partial charge in [-0.05, 0) is 25.1 Å². The Bertz CT molecular complexity index is 1320. The SMILES string of the molecule is Cc1cnn(-c2ncc(NC(=O)c3cnn(-c4cccc(N)n4)c3C(F)(F)F)cc2Cl)n1. The maximum absolute atomic E-state index is 13.8. The Morgan fingerprint density at radius 2 is 1.97 bits per heavy atom. The lowest BCUT2D eigenvalue weighted by molar-refractivity contribution is -0.143. The number of carbonyl (C=O) groups is 1. The number of carbonyl (C=O) groups excluding carboxylic acids is 1. The summed E-state index contributed by atoms with van der Waals surface area (Å²) in [5.41, 5.74) is 4.23. The molecule has 0 spiro atoms. The van der Waals surface area contributed by atoms with Gasteiger partial charge in [0.25, 0.3) is 5.91 Å². The summed E-state index contributed by atoms with van der Waals surface area (Å²) in [6.45, 7) is 1.73. The van der Waals surface area contributed by atoms with Gasteiger partial charge in [0.05, 0.1) is 40.6 Å². The quantitative estimate of drug-likeness (QED) is 0.475. The van der Waals surface area contributed by atoms with Gasteiger partial charge in [-0.3, -0.25) is 4.79 Å². The molecule has 164 valence electrons. The zero-order valence-corrected chi connectivity index (χ0v) is 16.9. The van der Waals surface area contributed by atoms with E-state index < -0.39 is 23.3 Å². The number of halogens is 4. The molecule has 10 nitrogen and oxygen atoms in total. The number of amides is 1. The number of aryl methyl sites for hydroxylation is 1. The van der Waals surface area contributed by atoms with Gasteiger partial charge in [0, 0.05) is 0 Å². The van der Waals surface area contributed by atoms with Crippen molar-refractivity contribution in [1.82, 2.24) is 34.7 Å². The molecule has 32 heavy (non-hydrogen) atoms. The molecule has 0 aliphatic rings. The van der Waals surface area contributed by atoms with Crippen molar-refractivity contribution in [1.29, 1.82) is 0 Å². The number of nitrogen functional groups attached to an aromatic ring is 1. The molecule has 0 radical (unpaired) electrons. The third kappa shape index (κ3) is 4.09. The van der Waals surface area contributed by atoms with Gasteiger partial charge in [-0.2, -0.15) is 28.5 Å². The average Bonchev–Trinajstić information content (AvgIpc) is 3.34. The number of pyridine rings is 2. The van der Waals surface area contributed by atoms with Gasteiger partial charge in [-0.1, -0.05) is 17.7 Å². The molecule has 4 aromatic rings. The molecule has 0 aromatic carbocycles. The first-order valence-electron chi connectivity index (χ1n) is 8.88. The largest absolute Gasteiger partial charge is 0.434 e. The number of nitrogens with one attached hydrogen (secondary N) is 1. The molecule has 4 rings (SSSR count). The lowest BCUT2D eigenvalue weighted by Gasteiger charge is -2.13. The minimum absolute atomic E-state index is 0.000187. The van der Waals surface area contributed by atoms with Crippen molar-refractivity contribution >= 4 is 29.0 Å². The number of anilines is 2. The molecule has 0 fully saturated rings. The van der Waals surface area contributed by atoms with Crippen LogP contribution >= 0.6 is 11.6 Å². The average molecular weight is 464 g/mol. The molecule has 0 atom stereocenters. The number of aromatic nitrogens is 7. The van der Waals surface area contributed by atoms with Gasteiger partial charge in [0.15, 0.2) is 17.3 Å². The molecule has 0 bridgehead atoms. The van der Waals surface area contributed by atoms with E-state index in [1.165, 1.54) is 41.5 Å². The number of hydrogen-bond donors (Lipinski definition) is 2. The minimum atomic E-state index is -4.90. The van der Waals surface area contributed by atoms with Crippen LogP contribution in [0.25, 0.3) is 11.6 Å². The highest BCUT2D eigenvalue weighted by atomic mass is 35.5. The third-order valence-corrected chi connectivity index (χ3v) is 4.41. The lowest BCUT2D eigenvalue weighted by atomic mass is 10.2. The molecule has 3 N–H and O–H groups in total. The van der Waals surface area contributed by atoms with Crippen molar-refractivity contribution < 1.29 is 18.0 Å². The van der Waals surface area contributed by atoms with Gasteiger partial charge in [0.1, 0.15) is 5.82 Å². The van der Waals surface area contributed by atoms with E-state index in [2.05, 4.69) is 30.6 Å². The van der Waals surface area contributed by atoms with E-state index in [1.54, 1.807) is 6.92 Å². The highest BCUT2D eigenvalue weighted by molar-refractivity contribution is 6.32. The first kappa shape index (κ1) is 21.2. The van der Waals surface area contributed by atoms with Crippen LogP contribution in [0, 0.1) is 6.92 Å². The molecule has 0 aliphatic heterocycles. The number of alkyl halides is 3. The highest BCUT2D eigenvalue weighted by Crippen LogP contribution is 2.34. The fraction of sp³-hybridized carbons (Fsp3) is 0.111. The monoisotopic (exact) mass is 463 g/mol. The van der Waals surface area contributed by atoms with E-state index in [4.69, 9.17) is 17.3 Å². The van der Waals surface area contributed by atoms with Gasteiger partial charge in [-0.25, -0.2) is 14.6 Å². The molecule has 0 saturated heterocycles. The van der Waals surface area contributed by atoms with Crippen LogP contribution in [-0.4, -0.2) is 40.6 Å². The molecule has 14 heteroatoms. The molecule has 4 aromatic heterocycles. The van der Waals surface area contributed by atoms with Crippen molar-refractivity contribution in [3.8, 4) is 11.6 Å². The van der Waals surface area contributed by atoms with Crippen LogP contribution in [0.5, 0.6) is 0 Å². The second-order valence-electron chi connectivity index (χ2n) is 6.50. The van der Waals surface area contributed by atoms with E-state index >= 15 is 0 Å². The maximum atomic E-state index is 13.8. The summed E-state index contributed by atoms with van der Waals surface area (Å²) in [6, 6.07) is 5.43. The van der Waals surface area contributed by atoms with Gasteiger partial charge < -0.3 is 11.1 Å². The highest BCUT2D eigenvalue weighted by Gasteiger charge is 2.41. The smallest absolute Gasteiger partial charge is 0.384 e. The number of rotatable bonds is 4. The summed E-state index contributed by atoms with van der Waals surface area (Å²) >= 11 is 6.17. The summed E-state index contributed by atoms with van der Waals surface area (Å²) in [7, 11) is 0. The van der Waals surface area contributed by atoms with Gasteiger partial charge >= 0.3 is 6.18 Å². The van der Waals surface area contributed by atoms with E-state index in [9.17, 15) is 18.0 Å². The van der Waals surface area contributed by atoms with Crippen molar-refractivity contribution in [3.63, 3.8) is 0 Å². The van der Waals surface area contributed by atoms with Gasteiger partial charge in [-0.15, -0.1) is 4.80 Å². The van der Waals surface area contributed by atoms with Crippen LogP contribution in [0.2, 0.25) is 5.02 Å². The van der Waals surface area contributed by atoms with E-state index in [0.717, 1.165) is 6.20 Å². The fourth-order valence-electron chi connectivity index (χ4n) is 2.80. The van der Waals surface area contributed by atoms with Crippen LogP contribution in [-0.2, 0) is 6.18 Å². The summed E-state index contributed by atoms with van der Waals surface area (Å²) in [5.74, 6) is -1.06. The summed E-state index contributed by atoms with van der Waals surface area (Å²) in [5, 5.41) is 14.2. The van der Waals surface area contributed by atoms with Crippen LogP contribution < -0.4 is 11.1 Å². The van der Waals surface area contributed by atoms with Crippen molar-refractivity contribution in [2.45, 2.75) is 13.1 Å². The second-order valence-corrected chi connectivity index (χ2v) is 6.90. The van der Waals surface area contributed by atoms with Crippen molar-refractivity contribution in [2.24, 2.45) is 0 Å². The normalized spacial score (nSPS) is 11.5. The molecular weight excluding hydrogens is 451 g/mol. The Morgan fingerprint density at radius 3 is 2.59 bits per heavy atom. The van der Waals surface area contributed by atoms with Crippen molar-refractivity contribution in [3.05, 3.63) is 64.8 Å². The number of nitrogens with two attached hydrogens (primary N) is 1. The van der Waals surface area contributed by atoms with Gasteiger partial charge in [0.2, 0.25) is 0 Å². The maximum Gasteiger partial charge on any atom is 0.434 e. The zero-order chi connectivity index (χ0) is 23.0. The molecule has 0 aliphatic carbocycles. The first-order valence-corrected chi connectivity index (χ1v) is 9.25. The number of hydrogen-bond acceptors (Lipinski definition) is 7. The second kappa shape index (κ2) is 7.92. The zero-order valence-electron chi connectivity index (χ0n) is 16.2. The van der Waals surface area contributed by atoms with Crippen molar-refractivity contribution in [2.75, 3.05) is 11.1 Å². The predicted octanol–water partition coefficient (Wildman–Crippen LogP) is 3.06. The molecule has 0 saturated carbocycles. The van der Waals surface area contributed by atoms with Crippen LogP contribution in [0.3, 0.4) is 0 Å². The Labute approximate surface area is 182 Å². The Morgan fingerprint density at radius 1 is 1.19 bits per heavy atom. The van der Waals surface area contributed by atoms with Crippen LogP contribution in [0.4, 0.5) is 24.7 Å². The summed E-state index contributed by atoms with van der Waals surface area (Å²) in [4.78, 5) is 21.7. The molecule has 0 unspecified atom stereocenters. The van der Waals surface area contributed by atoms with E-state index in [0.29, 0.717) is 10.4 Å². The minimum Gasteiger partial charge on any atom is -0.384 e. The number of nitrogens with zero attached hydrogens (tertiary/aromatic N) is 7. The Kier molecular flexibility index (Phi) is 5.26. The first-order chi connectivity index (χ1) is 15.1. The topological polar surface area (TPSA) is 129 Å². The summed E-state index contributed by atoms with van der Waals surface area (Å²) < 4.78 is 41.9. The molecule has 1 amide bonds. The van der Waals surface area contributed by atoms with Crippen LogP contribution in [0.15, 0.2) is 42.9 Å². The predicted molar refractivity (Wildman–Crippen MR) is 108 cm³/mol. The Hall–Kier alpha value is -4.00. The third-order valence-electron chi connectivity index (χ3n) is 4.13. The standard InChI is InChI=1S/C18H13ClF3N9O/c1-9-6-26-31(29-9)16-12(19)5-10(7-24-16)27-17(32)11-8-25-30(15(11)18(20,21)22)14-4-2-3-13(23)28-14/h2-8H,1H3,(H2,23,28)(H,27,32).